The predicted molar refractivity (Wildman–Crippen MR) is 88.8 cm³/mol. The fourth-order valence-corrected chi connectivity index (χ4v) is 3.02. The molecule has 1 fully saturated rings. The maximum atomic E-state index is 12.8. The number of nitrogens with zero attached hydrogens (tertiary/aromatic N) is 1. The molecule has 1 aliphatic heterocycles. The van der Waals surface area contributed by atoms with E-state index < -0.39 is 42.5 Å². The molecule has 0 radical (unpaired) electrons. The second-order valence-corrected chi connectivity index (χ2v) is 6.19. The lowest BCUT2D eigenvalue weighted by atomic mass is 9.93. The van der Waals surface area contributed by atoms with E-state index in [0.29, 0.717) is 12.8 Å². The van der Waals surface area contributed by atoms with Gasteiger partial charge >= 0.3 is 12.1 Å². The van der Waals surface area contributed by atoms with Crippen LogP contribution in [0, 0.1) is 5.92 Å². The first-order valence-electron chi connectivity index (χ1n) is 8.37. The number of hydrogen-bond acceptors (Lipinski definition) is 5. The van der Waals surface area contributed by atoms with Crippen molar-refractivity contribution in [2.24, 2.45) is 5.92 Å². The SMILES string of the molecule is CCCC(O)C(CC(=O)O)C(=O)N1C(=O)OC[C@@H]1Cc1ccccc1. The minimum absolute atomic E-state index is 0.0587. The van der Waals surface area contributed by atoms with Crippen molar-refractivity contribution in [2.45, 2.75) is 44.8 Å². The fourth-order valence-electron chi connectivity index (χ4n) is 3.02. The highest BCUT2D eigenvalue weighted by molar-refractivity contribution is 5.96. The summed E-state index contributed by atoms with van der Waals surface area (Å²) in [5.41, 5.74) is 0.937. The number of rotatable bonds is 8. The number of amides is 2. The van der Waals surface area contributed by atoms with Crippen molar-refractivity contribution in [3.05, 3.63) is 35.9 Å². The van der Waals surface area contributed by atoms with Gasteiger partial charge in [0.05, 0.1) is 24.5 Å². The van der Waals surface area contributed by atoms with Gasteiger partial charge in [-0.15, -0.1) is 0 Å². The number of cyclic esters (lactones) is 1. The van der Waals surface area contributed by atoms with Crippen molar-refractivity contribution in [1.29, 1.82) is 0 Å². The Balaban J connectivity index is 2.19. The highest BCUT2D eigenvalue weighted by Gasteiger charge is 2.43. The molecule has 2 unspecified atom stereocenters. The van der Waals surface area contributed by atoms with Gasteiger partial charge in [0.15, 0.2) is 0 Å². The van der Waals surface area contributed by atoms with Gasteiger partial charge in [0, 0.05) is 0 Å². The van der Waals surface area contributed by atoms with Gasteiger partial charge in [-0.3, -0.25) is 9.59 Å². The van der Waals surface area contributed by atoms with Crippen molar-refractivity contribution in [3.63, 3.8) is 0 Å². The molecule has 2 amide bonds. The molecule has 0 aliphatic carbocycles. The number of aliphatic carboxylic acids is 1. The van der Waals surface area contributed by atoms with Crippen LogP contribution >= 0.6 is 0 Å². The molecule has 7 heteroatoms. The highest BCUT2D eigenvalue weighted by atomic mass is 16.6. The molecule has 25 heavy (non-hydrogen) atoms. The summed E-state index contributed by atoms with van der Waals surface area (Å²) in [5.74, 6) is -3.05. The third-order valence-corrected chi connectivity index (χ3v) is 4.27. The Hall–Kier alpha value is -2.41. The summed E-state index contributed by atoms with van der Waals surface area (Å²) < 4.78 is 5.00. The zero-order valence-corrected chi connectivity index (χ0v) is 14.1. The molecule has 0 bridgehead atoms. The topological polar surface area (TPSA) is 104 Å². The minimum atomic E-state index is -1.19. The van der Waals surface area contributed by atoms with Crippen molar-refractivity contribution < 1.29 is 29.3 Å². The number of carboxylic acids is 1. The Morgan fingerprint density at radius 2 is 2.00 bits per heavy atom. The fraction of sp³-hybridized carbons (Fsp3) is 0.500. The van der Waals surface area contributed by atoms with Gasteiger partial charge in [0.1, 0.15) is 6.61 Å². The summed E-state index contributed by atoms with van der Waals surface area (Å²) in [7, 11) is 0. The number of ether oxygens (including phenoxy) is 1. The molecule has 1 aromatic carbocycles. The van der Waals surface area contributed by atoms with Crippen LogP contribution in [0.1, 0.15) is 31.7 Å². The van der Waals surface area contributed by atoms with E-state index in [-0.39, 0.29) is 13.0 Å². The third-order valence-electron chi connectivity index (χ3n) is 4.27. The smallest absolute Gasteiger partial charge is 0.416 e. The number of aliphatic hydroxyl groups is 1. The van der Waals surface area contributed by atoms with E-state index in [9.17, 15) is 19.5 Å². The largest absolute Gasteiger partial charge is 0.481 e. The molecule has 2 N–H and O–H groups in total. The number of imide groups is 1. The molecule has 7 nitrogen and oxygen atoms in total. The normalized spacial score (nSPS) is 19.4. The van der Waals surface area contributed by atoms with Gasteiger partial charge < -0.3 is 14.9 Å². The van der Waals surface area contributed by atoms with Crippen LogP contribution in [-0.4, -0.2) is 51.8 Å². The Morgan fingerprint density at radius 3 is 2.60 bits per heavy atom. The summed E-state index contributed by atoms with van der Waals surface area (Å²) in [6, 6.07) is 8.84. The van der Waals surface area contributed by atoms with Crippen LogP contribution in [0.15, 0.2) is 30.3 Å². The molecule has 0 saturated carbocycles. The predicted octanol–water partition coefficient (Wildman–Crippen LogP) is 1.83. The van der Waals surface area contributed by atoms with E-state index in [4.69, 9.17) is 9.84 Å². The average Bonchev–Trinajstić information content (AvgIpc) is 2.93. The first-order chi connectivity index (χ1) is 11.9. The van der Waals surface area contributed by atoms with E-state index in [1.807, 2.05) is 37.3 Å². The maximum Gasteiger partial charge on any atom is 0.416 e. The standard InChI is InChI=1S/C18H23NO6/c1-2-6-15(20)14(10-16(21)22)17(23)19-13(11-25-18(19)24)9-12-7-4-3-5-8-12/h3-5,7-8,13-15,20H,2,6,9-11H2,1H3,(H,21,22)/t13-,14?,15?/m0/s1. The Bertz CT molecular complexity index is 617. The van der Waals surface area contributed by atoms with Gasteiger partial charge in [0.2, 0.25) is 5.91 Å². The monoisotopic (exact) mass is 349 g/mol. The molecule has 136 valence electrons. The number of carbonyl (C=O) groups excluding carboxylic acids is 2. The van der Waals surface area contributed by atoms with Crippen LogP contribution in [0.5, 0.6) is 0 Å². The number of carboxylic acid groups (broad SMARTS) is 1. The molecule has 0 aromatic heterocycles. The Kier molecular flexibility index (Phi) is 6.52. The van der Waals surface area contributed by atoms with Crippen LogP contribution in [0.25, 0.3) is 0 Å². The van der Waals surface area contributed by atoms with Crippen LogP contribution in [0.2, 0.25) is 0 Å². The second kappa shape index (κ2) is 8.62. The zero-order valence-electron chi connectivity index (χ0n) is 14.1. The Labute approximate surface area is 146 Å². The van der Waals surface area contributed by atoms with E-state index in [2.05, 4.69) is 0 Å². The Morgan fingerprint density at radius 1 is 1.32 bits per heavy atom. The first-order valence-corrected chi connectivity index (χ1v) is 8.37. The van der Waals surface area contributed by atoms with E-state index in [1.54, 1.807) is 0 Å². The minimum Gasteiger partial charge on any atom is -0.481 e. The van der Waals surface area contributed by atoms with Gasteiger partial charge in [-0.1, -0.05) is 43.7 Å². The molecular formula is C18H23NO6. The van der Waals surface area contributed by atoms with Crippen molar-refractivity contribution in [3.8, 4) is 0 Å². The molecule has 1 aromatic rings. The molecule has 1 aliphatic rings. The van der Waals surface area contributed by atoms with Crippen LogP contribution in [0.4, 0.5) is 4.79 Å². The summed E-state index contributed by atoms with van der Waals surface area (Å²) >= 11 is 0. The molecule has 2 rings (SSSR count). The lowest BCUT2D eigenvalue weighted by molar-refractivity contribution is -0.147. The summed E-state index contributed by atoms with van der Waals surface area (Å²) in [4.78, 5) is 36.9. The van der Waals surface area contributed by atoms with Crippen molar-refractivity contribution >= 4 is 18.0 Å². The average molecular weight is 349 g/mol. The molecule has 0 spiro atoms. The van der Waals surface area contributed by atoms with E-state index >= 15 is 0 Å². The summed E-state index contributed by atoms with van der Waals surface area (Å²) in [6.07, 6.45) is -1.12. The van der Waals surface area contributed by atoms with Crippen molar-refractivity contribution in [2.75, 3.05) is 6.61 Å². The number of aliphatic hydroxyl groups excluding tert-OH is 1. The van der Waals surface area contributed by atoms with E-state index in [1.165, 1.54) is 0 Å². The van der Waals surface area contributed by atoms with Gasteiger partial charge in [-0.05, 0) is 18.4 Å². The zero-order chi connectivity index (χ0) is 18.4. The van der Waals surface area contributed by atoms with Crippen LogP contribution < -0.4 is 0 Å². The van der Waals surface area contributed by atoms with Gasteiger partial charge in [-0.2, -0.15) is 0 Å². The van der Waals surface area contributed by atoms with Crippen LogP contribution in [-0.2, 0) is 20.7 Å². The molecule has 1 heterocycles. The second-order valence-electron chi connectivity index (χ2n) is 6.19. The van der Waals surface area contributed by atoms with Crippen molar-refractivity contribution in [1.82, 2.24) is 4.90 Å². The molecule has 1 saturated heterocycles. The summed E-state index contributed by atoms with van der Waals surface area (Å²) in [5, 5.41) is 19.2. The number of benzene rings is 1. The van der Waals surface area contributed by atoms with Gasteiger partial charge in [-0.25, -0.2) is 9.69 Å². The van der Waals surface area contributed by atoms with E-state index in [0.717, 1.165) is 10.5 Å². The highest BCUT2D eigenvalue weighted by Crippen LogP contribution is 2.24. The first kappa shape index (κ1) is 18.9. The van der Waals surface area contributed by atoms with Crippen LogP contribution in [0.3, 0.4) is 0 Å². The lowest BCUT2D eigenvalue weighted by Gasteiger charge is -2.27. The number of hydrogen-bond donors (Lipinski definition) is 2. The third kappa shape index (κ3) is 4.79. The lowest BCUT2D eigenvalue weighted by Crippen LogP contribution is -2.47. The molecule has 3 atom stereocenters. The maximum absolute atomic E-state index is 12.8. The quantitative estimate of drug-likeness (QED) is 0.742. The number of carbonyl (C=O) groups is 3. The van der Waals surface area contributed by atoms with Gasteiger partial charge in [0.25, 0.3) is 0 Å². The molecular weight excluding hydrogens is 326 g/mol. The summed E-state index contributed by atoms with van der Waals surface area (Å²) in [6.45, 7) is 1.89.